The van der Waals surface area contributed by atoms with Crippen molar-refractivity contribution >= 4 is 40.0 Å². The van der Waals surface area contributed by atoms with Crippen molar-refractivity contribution in [2.24, 2.45) is 10.9 Å². The second kappa shape index (κ2) is 12.9. The SMILES string of the molecule is CCNC(=NCC1(N2CCCCC2)CCCCC1)NCC1CCN(S(C)(=O)=O)CC1.I. The van der Waals surface area contributed by atoms with Crippen LogP contribution in [0.2, 0.25) is 0 Å². The van der Waals surface area contributed by atoms with E-state index in [0.717, 1.165) is 38.4 Å². The van der Waals surface area contributed by atoms with Gasteiger partial charge in [-0.1, -0.05) is 25.7 Å². The number of piperidine rings is 2. The lowest BCUT2D eigenvalue weighted by Gasteiger charge is -2.47. The number of nitrogens with zero attached hydrogens (tertiary/aromatic N) is 3. The summed E-state index contributed by atoms with van der Waals surface area (Å²) in [7, 11) is -3.06. The van der Waals surface area contributed by atoms with Gasteiger partial charge in [-0.2, -0.15) is 0 Å². The van der Waals surface area contributed by atoms with Crippen molar-refractivity contribution in [1.29, 1.82) is 0 Å². The zero-order valence-corrected chi connectivity index (χ0v) is 22.7. The van der Waals surface area contributed by atoms with Gasteiger partial charge in [0.2, 0.25) is 10.0 Å². The van der Waals surface area contributed by atoms with Gasteiger partial charge >= 0.3 is 0 Å². The van der Waals surface area contributed by atoms with Crippen LogP contribution < -0.4 is 10.6 Å². The van der Waals surface area contributed by atoms with Crippen LogP contribution >= 0.6 is 24.0 Å². The van der Waals surface area contributed by atoms with Crippen molar-refractivity contribution in [2.75, 3.05) is 52.1 Å². The van der Waals surface area contributed by atoms with Gasteiger partial charge in [-0.05, 0) is 64.5 Å². The summed E-state index contributed by atoms with van der Waals surface area (Å²) in [4.78, 5) is 7.82. The number of guanidine groups is 1. The first-order valence-electron chi connectivity index (χ1n) is 12.2. The summed E-state index contributed by atoms with van der Waals surface area (Å²) in [5, 5.41) is 6.99. The smallest absolute Gasteiger partial charge is 0.211 e. The highest BCUT2D eigenvalue weighted by Gasteiger charge is 2.38. The van der Waals surface area contributed by atoms with E-state index in [9.17, 15) is 8.42 Å². The maximum Gasteiger partial charge on any atom is 0.211 e. The van der Waals surface area contributed by atoms with Gasteiger partial charge in [0, 0.05) is 31.7 Å². The molecule has 1 aliphatic carbocycles. The lowest BCUT2D eigenvalue weighted by Crippen LogP contribution is -2.55. The van der Waals surface area contributed by atoms with E-state index in [1.54, 1.807) is 4.31 Å². The topological polar surface area (TPSA) is 77.0 Å². The average Bonchev–Trinajstić information content (AvgIpc) is 2.76. The van der Waals surface area contributed by atoms with Gasteiger partial charge in [0.15, 0.2) is 5.96 Å². The number of sulfonamides is 1. The number of hydrogen-bond donors (Lipinski definition) is 2. The van der Waals surface area contributed by atoms with Crippen LogP contribution in [0.5, 0.6) is 0 Å². The molecule has 2 saturated heterocycles. The van der Waals surface area contributed by atoms with Gasteiger partial charge in [0.05, 0.1) is 12.8 Å². The molecule has 3 aliphatic rings. The van der Waals surface area contributed by atoms with Crippen molar-refractivity contribution in [3.8, 4) is 0 Å². The molecular formula is C22H44IN5O2S. The summed E-state index contributed by atoms with van der Waals surface area (Å²) >= 11 is 0. The lowest BCUT2D eigenvalue weighted by molar-refractivity contribution is 0.0407. The predicted octanol–water partition coefficient (Wildman–Crippen LogP) is 3.02. The molecule has 31 heavy (non-hydrogen) atoms. The largest absolute Gasteiger partial charge is 0.357 e. The van der Waals surface area contributed by atoms with Crippen LogP contribution in [0.3, 0.4) is 0 Å². The molecule has 182 valence electrons. The summed E-state index contributed by atoms with van der Waals surface area (Å²) in [6.07, 6.45) is 13.7. The number of nitrogens with one attached hydrogen (secondary N) is 2. The average molecular weight is 570 g/mol. The predicted molar refractivity (Wildman–Crippen MR) is 140 cm³/mol. The molecule has 2 aliphatic heterocycles. The van der Waals surface area contributed by atoms with Crippen molar-refractivity contribution in [3.05, 3.63) is 0 Å². The van der Waals surface area contributed by atoms with E-state index in [0.29, 0.717) is 19.0 Å². The fourth-order valence-electron chi connectivity index (χ4n) is 5.41. The fourth-order valence-corrected chi connectivity index (χ4v) is 6.28. The Balaban J connectivity index is 0.00000341. The summed E-state index contributed by atoms with van der Waals surface area (Å²) in [6, 6.07) is 0. The van der Waals surface area contributed by atoms with Crippen LogP contribution in [-0.4, -0.2) is 81.2 Å². The number of hydrogen-bond acceptors (Lipinski definition) is 4. The second-order valence-corrected chi connectivity index (χ2v) is 11.5. The number of likely N-dealkylation sites (tertiary alicyclic amines) is 1. The zero-order chi connectivity index (χ0) is 21.5. The molecular weight excluding hydrogens is 525 g/mol. The fraction of sp³-hybridized carbons (Fsp3) is 0.955. The van der Waals surface area contributed by atoms with Gasteiger partial charge in [0.1, 0.15) is 0 Å². The van der Waals surface area contributed by atoms with Crippen LogP contribution in [0, 0.1) is 5.92 Å². The summed E-state index contributed by atoms with van der Waals surface area (Å²) in [5.41, 5.74) is 0.252. The Bertz CT molecular complexity index is 653. The van der Waals surface area contributed by atoms with Gasteiger partial charge in [-0.25, -0.2) is 12.7 Å². The second-order valence-electron chi connectivity index (χ2n) is 9.51. The molecule has 7 nitrogen and oxygen atoms in total. The van der Waals surface area contributed by atoms with E-state index >= 15 is 0 Å². The van der Waals surface area contributed by atoms with Crippen molar-refractivity contribution in [2.45, 2.75) is 76.7 Å². The molecule has 0 amide bonds. The van der Waals surface area contributed by atoms with E-state index < -0.39 is 10.0 Å². The van der Waals surface area contributed by atoms with Crippen molar-refractivity contribution in [1.82, 2.24) is 19.8 Å². The Morgan fingerprint density at radius 1 is 0.968 bits per heavy atom. The molecule has 9 heteroatoms. The monoisotopic (exact) mass is 569 g/mol. The van der Waals surface area contributed by atoms with Gasteiger partial charge in [0.25, 0.3) is 0 Å². The third kappa shape index (κ3) is 7.99. The van der Waals surface area contributed by atoms with Crippen molar-refractivity contribution < 1.29 is 8.42 Å². The van der Waals surface area contributed by atoms with E-state index in [1.807, 2.05) is 0 Å². The molecule has 0 aromatic carbocycles. The van der Waals surface area contributed by atoms with E-state index in [2.05, 4.69) is 22.5 Å². The summed E-state index contributed by atoms with van der Waals surface area (Å²) in [5.74, 6) is 1.42. The Labute approximate surface area is 207 Å². The minimum absolute atomic E-state index is 0. The maximum absolute atomic E-state index is 11.7. The molecule has 0 unspecified atom stereocenters. The van der Waals surface area contributed by atoms with Crippen LogP contribution in [0.1, 0.15) is 71.1 Å². The van der Waals surface area contributed by atoms with E-state index in [-0.39, 0.29) is 29.5 Å². The third-order valence-electron chi connectivity index (χ3n) is 7.29. The first-order valence-corrected chi connectivity index (χ1v) is 14.0. The van der Waals surface area contributed by atoms with Crippen LogP contribution in [0.25, 0.3) is 0 Å². The molecule has 1 saturated carbocycles. The summed E-state index contributed by atoms with van der Waals surface area (Å²) < 4.78 is 25.0. The first kappa shape index (κ1) is 27.1. The molecule has 2 heterocycles. The molecule has 0 bridgehead atoms. The normalized spacial score (nSPS) is 24.4. The van der Waals surface area contributed by atoms with Crippen LogP contribution in [0.4, 0.5) is 0 Å². The molecule has 0 spiro atoms. The zero-order valence-electron chi connectivity index (χ0n) is 19.6. The highest BCUT2D eigenvalue weighted by molar-refractivity contribution is 14.0. The first-order chi connectivity index (χ1) is 14.4. The summed E-state index contributed by atoms with van der Waals surface area (Å²) in [6.45, 7) is 8.46. The highest BCUT2D eigenvalue weighted by Crippen LogP contribution is 2.35. The minimum atomic E-state index is -3.06. The van der Waals surface area contributed by atoms with Gasteiger partial charge in [-0.15, -0.1) is 24.0 Å². The maximum atomic E-state index is 11.7. The standard InChI is InChI=1S/C22H43N5O2S.HI/c1-3-23-21(24-18-20-10-16-27(17-11-20)30(2,28)29)25-19-22(12-6-4-7-13-22)26-14-8-5-9-15-26;/h20H,3-19H2,1-2H3,(H2,23,24,25);1H. The molecule has 0 aromatic heterocycles. The van der Waals surface area contributed by atoms with Crippen LogP contribution in [-0.2, 0) is 10.0 Å². The Morgan fingerprint density at radius 3 is 2.16 bits per heavy atom. The molecule has 3 rings (SSSR count). The highest BCUT2D eigenvalue weighted by atomic mass is 127. The Kier molecular flexibility index (Phi) is 11.3. The van der Waals surface area contributed by atoms with Crippen LogP contribution in [0.15, 0.2) is 4.99 Å². The lowest BCUT2D eigenvalue weighted by atomic mass is 9.79. The van der Waals surface area contributed by atoms with E-state index in [1.165, 1.54) is 70.7 Å². The van der Waals surface area contributed by atoms with Gasteiger partial charge in [-0.3, -0.25) is 9.89 Å². The molecule has 2 N–H and O–H groups in total. The molecule has 0 atom stereocenters. The molecule has 3 fully saturated rings. The number of aliphatic imine (C=N–C) groups is 1. The minimum Gasteiger partial charge on any atom is -0.357 e. The molecule has 0 radical (unpaired) electrons. The van der Waals surface area contributed by atoms with Crippen molar-refractivity contribution in [3.63, 3.8) is 0 Å². The Morgan fingerprint density at radius 2 is 1.58 bits per heavy atom. The van der Waals surface area contributed by atoms with E-state index in [4.69, 9.17) is 4.99 Å². The Hall–Kier alpha value is -0.130. The number of rotatable bonds is 7. The quantitative estimate of drug-likeness (QED) is 0.280. The number of halogens is 1. The third-order valence-corrected chi connectivity index (χ3v) is 8.59. The van der Waals surface area contributed by atoms with Gasteiger partial charge < -0.3 is 10.6 Å². The molecule has 0 aromatic rings.